The summed E-state index contributed by atoms with van der Waals surface area (Å²) in [6.45, 7) is 1.73. The van der Waals surface area contributed by atoms with Gasteiger partial charge in [0, 0.05) is 21.1 Å². The molecule has 0 aliphatic rings. The van der Waals surface area contributed by atoms with Crippen molar-refractivity contribution in [1.82, 2.24) is 10.2 Å². The summed E-state index contributed by atoms with van der Waals surface area (Å²) in [6.07, 6.45) is 0. The first-order valence-electron chi connectivity index (χ1n) is 4.72. The van der Waals surface area contributed by atoms with E-state index in [1.54, 1.807) is 28.1 Å². The zero-order valence-electron chi connectivity index (χ0n) is 9.75. The molecule has 0 aromatic carbocycles. The third-order valence-corrected chi connectivity index (χ3v) is 3.35. The minimum Gasteiger partial charge on any atom is -0.390 e. The molecule has 0 atom stereocenters. The lowest BCUT2D eigenvalue weighted by Crippen LogP contribution is -2.23. The van der Waals surface area contributed by atoms with Crippen LogP contribution in [0.3, 0.4) is 0 Å². The molecule has 16 heavy (non-hydrogen) atoms. The van der Waals surface area contributed by atoms with Gasteiger partial charge in [-0.05, 0) is 12.5 Å². The first-order chi connectivity index (χ1) is 7.40. The summed E-state index contributed by atoms with van der Waals surface area (Å²) in [5.74, 6) is -0.395. The maximum atomic E-state index is 11.8. The number of hydrogen-bond acceptors (Lipinski definition) is 4. The SMILES string of the molecule is CNC(=O)c1sc(N)c(C(=O)N(C)C)c1C. The number of hydrogen-bond donors (Lipinski definition) is 2. The van der Waals surface area contributed by atoms with Crippen molar-refractivity contribution in [2.24, 2.45) is 0 Å². The minimum absolute atomic E-state index is 0.179. The fraction of sp³-hybridized carbons (Fsp3) is 0.400. The molecule has 0 saturated heterocycles. The fourth-order valence-corrected chi connectivity index (χ4v) is 2.37. The largest absolute Gasteiger partial charge is 0.390 e. The Labute approximate surface area is 98.2 Å². The van der Waals surface area contributed by atoms with Gasteiger partial charge in [0.15, 0.2) is 0 Å². The fourth-order valence-electron chi connectivity index (χ4n) is 1.36. The molecule has 1 aromatic rings. The molecule has 5 nitrogen and oxygen atoms in total. The van der Waals surface area contributed by atoms with Gasteiger partial charge in [0.1, 0.15) is 0 Å². The number of carbonyl (C=O) groups excluding carboxylic acids is 2. The number of rotatable bonds is 2. The molecule has 0 aliphatic carbocycles. The number of nitrogens with zero attached hydrogens (tertiary/aromatic N) is 1. The van der Waals surface area contributed by atoms with Crippen LogP contribution < -0.4 is 11.1 Å². The molecule has 0 bridgehead atoms. The molecule has 0 fully saturated rings. The van der Waals surface area contributed by atoms with Crippen LogP contribution in [0.15, 0.2) is 0 Å². The molecule has 1 aromatic heterocycles. The smallest absolute Gasteiger partial charge is 0.261 e. The number of nitrogens with one attached hydrogen (secondary N) is 1. The third-order valence-electron chi connectivity index (χ3n) is 2.23. The highest BCUT2D eigenvalue weighted by Gasteiger charge is 2.23. The third kappa shape index (κ3) is 2.01. The van der Waals surface area contributed by atoms with Gasteiger partial charge in [-0.2, -0.15) is 0 Å². The number of thiophene rings is 1. The van der Waals surface area contributed by atoms with E-state index in [0.29, 0.717) is 21.0 Å². The molecule has 1 rings (SSSR count). The van der Waals surface area contributed by atoms with E-state index in [4.69, 9.17) is 5.73 Å². The molecular weight excluding hydrogens is 226 g/mol. The lowest BCUT2D eigenvalue weighted by atomic mass is 10.1. The van der Waals surface area contributed by atoms with Crippen molar-refractivity contribution < 1.29 is 9.59 Å². The van der Waals surface area contributed by atoms with Gasteiger partial charge in [-0.1, -0.05) is 0 Å². The van der Waals surface area contributed by atoms with Crippen LogP contribution >= 0.6 is 11.3 Å². The van der Waals surface area contributed by atoms with E-state index in [-0.39, 0.29) is 11.8 Å². The molecule has 2 amide bonds. The summed E-state index contributed by atoms with van der Waals surface area (Å²) < 4.78 is 0. The lowest BCUT2D eigenvalue weighted by molar-refractivity contribution is 0.0828. The van der Waals surface area contributed by atoms with Gasteiger partial charge in [0.2, 0.25) is 0 Å². The van der Waals surface area contributed by atoms with Crippen molar-refractivity contribution in [3.8, 4) is 0 Å². The van der Waals surface area contributed by atoms with Crippen LogP contribution in [0.4, 0.5) is 5.00 Å². The first kappa shape index (κ1) is 12.5. The molecule has 0 radical (unpaired) electrons. The Morgan fingerprint density at radius 3 is 2.38 bits per heavy atom. The van der Waals surface area contributed by atoms with Gasteiger partial charge in [-0.3, -0.25) is 9.59 Å². The monoisotopic (exact) mass is 241 g/mol. The van der Waals surface area contributed by atoms with Crippen LogP contribution in [-0.2, 0) is 0 Å². The Kier molecular flexibility index (Phi) is 3.54. The van der Waals surface area contributed by atoms with Crippen LogP contribution in [0.1, 0.15) is 25.6 Å². The second kappa shape index (κ2) is 4.52. The quantitative estimate of drug-likeness (QED) is 0.800. The number of anilines is 1. The molecule has 0 unspecified atom stereocenters. The minimum atomic E-state index is -0.216. The van der Waals surface area contributed by atoms with Gasteiger partial charge < -0.3 is 16.0 Å². The molecule has 1 heterocycles. The van der Waals surface area contributed by atoms with Crippen molar-refractivity contribution in [2.45, 2.75) is 6.92 Å². The van der Waals surface area contributed by atoms with Crippen LogP contribution in [0, 0.1) is 6.92 Å². The van der Waals surface area contributed by atoms with Crippen molar-refractivity contribution in [3.05, 3.63) is 16.0 Å². The molecule has 0 saturated carbocycles. The highest BCUT2D eigenvalue weighted by molar-refractivity contribution is 7.18. The Hall–Kier alpha value is -1.56. The van der Waals surface area contributed by atoms with Gasteiger partial charge in [-0.25, -0.2) is 0 Å². The summed E-state index contributed by atoms with van der Waals surface area (Å²) in [5, 5.41) is 2.91. The molecule has 0 aliphatic heterocycles. The summed E-state index contributed by atoms with van der Waals surface area (Å²) in [5.41, 5.74) is 6.83. The van der Waals surface area contributed by atoms with Crippen molar-refractivity contribution >= 4 is 28.2 Å². The average molecular weight is 241 g/mol. The molecule has 3 N–H and O–H groups in total. The van der Waals surface area contributed by atoms with E-state index in [1.807, 2.05) is 0 Å². The zero-order chi connectivity index (χ0) is 12.5. The van der Waals surface area contributed by atoms with Gasteiger partial charge in [0.05, 0.1) is 15.4 Å². The highest BCUT2D eigenvalue weighted by Crippen LogP contribution is 2.31. The van der Waals surface area contributed by atoms with E-state index in [2.05, 4.69) is 5.32 Å². The topological polar surface area (TPSA) is 75.4 Å². The lowest BCUT2D eigenvalue weighted by Gasteiger charge is -2.10. The summed E-state index contributed by atoms with van der Waals surface area (Å²) in [7, 11) is 4.85. The van der Waals surface area contributed by atoms with E-state index < -0.39 is 0 Å². The predicted molar refractivity (Wildman–Crippen MR) is 64.9 cm³/mol. The number of carbonyl (C=O) groups is 2. The first-order valence-corrected chi connectivity index (χ1v) is 5.54. The van der Waals surface area contributed by atoms with E-state index in [1.165, 1.54) is 4.90 Å². The summed E-state index contributed by atoms with van der Waals surface area (Å²) in [6, 6.07) is 0. The highest BCUT2D eigenvalue weighted by atomic mass is 32.1. The number of nitrogens with two attached hydrogens (primary N) is 1. The van der Waals surface area contributed by atoms with E-state index in [9.17, 15) is 9.59 Å². The molecular formula is C10H15N3O2S. The molecule has 0 spiro atoms. The Balaban J connectivity index is 3.27. The molecule has 88 valence electrons. The normalized spacial score (nSPS) is 10.0. The Morgan fingerprint density at radius 1 is 1.38 bits per heavy atom. The van der Waals surface area contributed by atoms with Crippen LogP contribution in [0.2, 0.25) is 0 Å². The Morgan fingerprint density at radius 2 is 1.94 bits per heavy atom. The molecule has 6 heteroatoms. The second-order valence-electron chi connectivity index (χ2n) is 3.57. The Bertz CT molecular complexity index is 438. The van der Waals surface area contributed by atoms with Crippen molar-refractivity contribution in [2.75, 3.05) is 26.9 Å². The van der Waals surface area contributed by atoms with Gasteiger partial charge >= 0.3 is 0 Å². The predicted octanol–water partition coefficient (Wildman–Crippen LogP) is 0.700. The average Bonchev–Trinajstić information content (AvgIpc) is 2.52. The summed E-state index contributed by atoms with van der Waals surface area (Å²) >= 11 is 1.14. The van der Waals surface area contributed by atoms with Gasteiger partial charge in [0.25, 0.3) is 11.8 Å². The zero-order valence-corrected chi connectivity index (χ0v) is 10.6. The van der Waals surface area contributed by atoms with Crippen molar-refractivity contribution in [3.63, 3.8) is 0 Å². The van der Waals surface area contributed by atoms with Crippen molar-refractivity contribution in [1.29, 1.82) is 0 Å². The number of amides is 2. The van der Waals surface area contributed by atoms with Crippen LogP contribution in [-0.4, -0.2) is 37.9 Å². The van der Waals surface area contributed by atoms with Gasteiger partial charge in [-0.15, -0.1) is 11.3 Å². The van der Waals surface area contributed by atoms with E-state index in [0.717, 1.165) is 11.3 Å². The maximum absolute atomic E-state index is 11.8. The maximum Gasteiger partial charge on any atom is 0.261 e. The standard InChI is InChI=1S/C10H15N3O2S/c1-5-6(10(15)13(3)4)8(11)16-7(5)9(14)12-2/h11H2,1-4H3,(H,12,14). The van der Waals surface area contributed by atoms with Crippen LogP contribution in [0.5, 0.6) is 0 Å². The summed E-state index contributed by atoms with van der Waals surface area (Å²) in [4.78, 5) is 25.3. The van der Waals surface area contributed by atoms with Crippen LogP contribution in [0.25, 0.3) is 0 Å². The number of nitrogen functional groups attached to an aromatic ring is 1. The second-order valence-corrected chi connectivity index (χ2v) is 4.63. The van der Waals surface area contributed by atoms with E-state index >= 15 is 0 Å².